The van der Waals surface area contributed by atoms with Crippen LogP contribution in [-0.2, 0) is 16.0 Å². The predicted octanol–water partition coefficient (Wildman–Crippen LogP) is 2.29. The standard InChI is InChI=1S/C12H17ClN2O3S/c1-7(2)6-8-10(15-12(13)19-8)11(17)14-5-4-9(16)18-3/h7H,4-6H2,1-3H3,(H,14,17). The number of hydrogen-bond donors (Lipinski definition) is 1. The van der Waals surface area contributed by atoms with E-state index in [1.54, 1.807) is 0 Å². The fourth-order valence-corrected chi connectivity index (χ4v) is 2.83. The summed E-state index contributed by atoms with van der Waals surface area (Å²) in [4.78, 5) is 27.8. The van der Waals surface area contributed by atoms with E-state index in [0.29, 0.717) is 16.1 Å². The first-order valence-electron chi connectivity index (χ1n) is 5.94. The number of ether oxygens (including phenoxy) is 1. The van der Waals surface area contributed by atoms with Crippen LogP contribution in [0, 0.1) is 5.92 Å². The van der Waals surface area contributed by atoms with E-state index in [-0.39, 0.29) is 24.8 Å². The molecule has 0 spiro atoms. The first kappa shape index (κ1) is 15.9. The minimum absolute atomic E-state index is 0.139. The van der Waals surface area contributed by atoms with Crippen LogP contribution < -0.4 is 5.32 Å². The highest BCUT2D eigenvalue weighted by Gasteiger charge is 2.18. The van der Waals surface area contributed by atoms with Crippen molar-refractivity contribution in [2.75, 3.05) is 13.7 Å². The molecule has 5 nitrogen and oxygen atoms in total. The zero-order chi connectivity index (χ0) is 14.4. The molecule has 0 fully saturated rings. The minimum atomic E-state index is -0.362. The SMILES string of the molecule is COC(=O)CCNC(=O)c1nc(Cl)sc1CC(C)C. The maximum Gasteiger partial charge on any atom is 0.307 e. The van der Waals surface area contributed by atoms with Gasteiger partial charge in [-0.05, 0) is 12.3 Å². The van der Waals surface area contributed by atoms with E-state index in [0.717, 1.165) is 11.3 Å². The van der Waals surface area contributed by atoms with E-state index in [2.05, 4.69) is 28.9 Å². The summed E-state index contributed by atoms with van der Waals surface area (Å²) >= 11 is 7.17. The Bertz CT molecular complexity index is 460. The van der Waals surface area contributed by atoms with Gasteiger partial charge in [-0.25, -0.2) is 4.98 Å². The summed E-state index contributed by atoms with van der Waals surface area (Å²) in [6.07, 6.45) is 0.893. The number of carbonyl (C=O) groups is 2. The van der Waals surface area contributed by atoms with E-state index < -0.39 is 0 Å². The Labute approximate surface area is 121 Å². The molecule has 106 valence electrons. The second-order valence-electron chi connectivity index (χ2n) is 4.42. The van der Waals surface area contributed by atoms with Crippen LogP contribution in [-0.4, -0.2) is 30.5 Å². The minimum Gasteiger partial charge on any atom is -0.469 e. The molecule has 0 saturated heterocycles. The summed E-state index contributed by atoms with van der Waals surface area (Å²) in [5, 5.41) is 2.64. The van der Waals surface area contributed by atoms with E-state index in [9.17, 15) is 9.59 Å². The van der Waals surface area contributed by atoms with E-state index in [1.807, 2.05) is 0 Å². The number of amides is 1. The summed E-state index contributed by atoms with van der Waals surface area (Å²) in [5.74, 6) is -0.250. The highest BCUT2D eigenvalue weighted by atomic mass is 35.5. The topological polar surface area (TPSA) is 68.3 Å². The van der Waals surface area contributed by atoms with Gasteiger partial charge in [-0.1, -0.05) is 25.4 Å². The molecule has 1 heterocycles. The number of aromatic nitrogens is 1. The van der Waals surface area contributed by atoms with Gasteiger partial charge >= 0.3 is 5.97 Å². The Balaban J connectivity index is 2.63. The van der Waals surface area contributed by atoms with Crippen LogP contribution in [0.25, 0.3) is 0 Å². The molecule has 0 radical (unpaired) electrons. The predicted molar refractivity (Wildman–Crippen MR) is 74.6 cm³/mol. The number of esters is 1. The van der Waals surface area contributed by atoms with Crippen LogP contribution in [0.15, 0.2) is 0 Å². The van der Waals surface area contributed by atoms with Crippen molar-refractivity contribution in [1.29, 1.82) is 0 Å². The van der Waals surface area contributed by atoms with Crippen molar-refractivity contribution in [3.8, 4) is 0 Å². The van der Waals surface area contributed by atoms with Crippen molar-refractivity contribution < 1.29 is 14.3 Å². The molecule has 0 unspecified atom stereocenters. The molecule has 0 aromatic carbocycles. The zero-order valence-corrected chi connectivity index (χ0v) is 12.7. The molecule has 1 aromatic heterocycles. The summed E-state index contributed by atoms with van der Waals surface area (Å²) in [7, 11) is 1.31. The molecule has 0 aliphatic carbocycles. The van der Waals surface area contributed by atoms with E-state index >= 15 is 0 Å². The van der Waals surface area contributed by atoms with E-state index in [4.69, 9.17) is 11.6 Å². The zero-order valence-electron chi connectivity index (χ0n) is 11.2. The van der Waals surface area contributed by atoms with Gasteiger partial charge in [0.2, 0.25) is 0 Å². The van der Waals surface area contributed by atoms with Crippen molar-refractivity contribution in [1.82, 2.24) is 10.3 Å². The number of halogens is 1. The van der Waals surface area contributed by atoms with Gasteiger partial charge in [0.1, 0.15) is 5.69 Å². The largest absolute Gasteiger partial charge is 0.469 e. The second kappa shape index (κ2) is 7.45. The molecule has 1 aromatic rings. The highest BCUT2D eigenvalue weighted by Crippen LogP contribution is 2.25. The van der Waals surface area contributed by atoms with Gasteiger partial charge in [-0.15, -0.1) is 11.3 Å². The van der Waals surface area contributed by atoms with Gasteiger partial charge < -0.3 is 10.1 Å². The summed E-state index contributed by atoms with van der Waals surface area (Å²) in [5.41, 5.74) is 0.355. The van der Waals surface area contributed by atoms with E-state index in [1.165, 1.54) is 18.4 Å². The number of thiazole rings is 1. The lowest BCUT2D eigenvalue weighted by molar-refractivity contribution is -0.140. The third kappa shape index (κ3) is 5.16. The molecule has 1 N–H and O–H groups in total. The summed E-state index contributed by atoms with van der Waals surface area (Å²) < 4.78 is 4.85. The number of nitrogens with one attached hydrogen (secondary N) is 1. The molecule has 19 heavy (non-hydrogen) atoms. The summed E-state index contributed by atoms with van der Waals surface area (Å²) in [6, 6.07) is 0. The number of hydrogen-bond acceptors (Lipinski definition) is 5. The lowest BCUT2D eigenvalue weighted by Gasteiger charge is -2.06. The van der Waals surface area contributed by atoms with Gasteiger partial charge in [0.05, 0.1) is 13.5 Å². The highest BCUT2D eigenvalue weighted by molar-refractivity contribution is 7.16. The number of methoxy groups -OCH3 is 1. The molecule has 0 aliphatic rings. The van der Waals surface area contributed by atoms with Crippen LogP contribution in [0.3, 0.4) is 0 Å². The summed E-state index contributed by atoms with van der Waals surface area (Å²) in [6.45, 7) is 4.35. The Morgan fingerprint density at radius 1 is 1.47 bits per heavy atom. The van der Waals surface area contributed by atoms with Crippen LogP contribution in [0.5, 0.6) is 0 Å². The first-order valence-corrected chi connectivity index (χ1v) is 7.13. The first-order chi connectivity index (χ1) is 8.93. The van der Waals surface area contributed by atoms with Gasteiger partial charge in [0.15, 0.2) is 4.47 Å². The molecule has 1 amide bonds. The third-order valence-electron chi connectivity index (χ3n) is 2.32. The number of nitrogens with zero attached hydrogens (tertiary/aromatic N) is 1. The number of rotatable bonds is 6. The Hall–Kier alpha value is -1.14. The Morgan fingerprint density at radius 3 is 2.74 bits per heavy atom. The molecular weight excluding hydrogens is 288 g/mol. The average Bonchev–Trinajstić information content (AvgIpc) is 2.68. The van der Waals surface area contributed by atoms with Gasteiger partial charge in [-0.3, -0.25) is 9.59 Å². The number of carbonyl (C=O) groups excluding carboxylic acids is 2. The van der Waals surface area contributed by atoms with Crippen molar-refractivity contribution in [2.45, 2.75) is 26.7 Å². The van der Waals surface area contributed by atoms with Crippen LogP contribution in [0.4, 0.5) is 0 Å². The normalized spacial score (nSPS) is 10.6. The van der Waals surface area contributed by atoms with Crippen LogP contribution in [0.2, 0.25) is 4.47 Å². The fourth-order valence-electron chi connectivity index (χ4n) is 1.47. The smallest absolute Gasteiger partial charge is 0.307 e. The monoisotopic (exact) mass is 304 g/mol. The second-order valence-corrected chi connectivity index (χ2v) is 6.08. The molecule has 1 rings (SSSR count). The Morgan fingerprint density at radius 2 is 2.16 bits per heavy atom. The quantitative estimate of drug-likeness (QED) is 0.819. The molecular formula is C12H17ClN2O3S. The third-order valence-corrected chi connectivity index (χ3v) is 3.50. The Kier molecular flexibility index (Phi) is 6.24. The van der Waals surface area contributed by atoms with Gasteiger partial charge in [0, 0.05) is 11.4 Å². The van der Waals surface area contributed by atoms with Crippen molar-refractivity contribution in [3.05, 3.63) is 15.0 Å². The maximum absolute atomic E-state index is 12.0. The molecule has 0 saturated carbocycles. The lowest BCUT2D eigenvalue weighted by Crippen LogP contribution is -2.27. The molecule has 0 atom stereocenters. The molecule has 0 aliphatic heterocycles. The fraction of sp³-hybridized carbons (Fsp3) is 0.583. The van der Waals surface area contributed by atoms with Gasteiger partial charge in [-0.2, -0.15) is 0 Å². The van der Waals surface area contributed by atoms with Crippen LogP contribution in [0.1, 0.15) is 35.6 Å². The van der Waals surface area contributed by atoms with Crippen molar-refractivity contribution >= 4 is 34.8 Å². The van der Waals surface area contributed by atoms with Crippen molar-refractivity contribution in [3.63, 3.8) is 0 Å². The van der Waals surface area contributed by atoms with Crippen molar-refractivity contribution in [2.24, 2.45) is 5.92 Å². The lowest BCUT2D eigenvalue weighted by atomic mass is 10.1. The van der Waals surface area contributed by atoms with Gasteiger partial charge in [0.25, 0.3) is 5.91 Å². The van der Waals surface area contributed by atoms with Crippen LogP contribution >= 0.6 is 22.9 Å². The molecule has 7 heteroatoms. The average molecular weight is 305 g/mol. The molecule has 0 bridgehead atoms. The maximum atomic E-state index is 12.0.